The zero-order valence-corrected chi connectivity index (χ0v) is 6.68. The van der Waals surface area contributed by atoms with E-state index in [0.29, 0.717) is 5.57 Å². The molecular weight excluding hydrogens is 126 g/mol. The molecule has 0 fully saturated rings. The number of carbonyl (C=O) groups excluding carboxylic acids is 1. The molecule has 0 aromatic rings. The minimum Gasteiger partial charge on any atom is -0.366 e. The molecule has 0 aromatic heterocycles. The van der Waals surface area contributed by atoms with Gasteiger partial charge in [0.05, 0.1) is 0 Å². The molecule has 0 aromatic carbocycles. The predicted molar refractivity (Wildman–Crippen MR) is 42.4 cm³/mol. The molecule has 0 unspecified atom stereocenters. The second kappa shape index (κ2) is 4.09. The third-order valence-electron chi connectivity index (χ3n) is 1.79. The molecule has 1 amide bonds. The van der Waals surface area contributed by atoms with Gasteiger partial charge in [0, 0.05) is 5.57 Å². The zero-order valence-electron chi connectivity index (χ0n) is 6.68. The fourth-order valence-corrected chi connectivity index (χ4v) is 0.983. The summed E-state index contributed by atoms with van der Waals surface area (Å²) in [5.74, 6) is -0.0915. The van der Waals surface area contributed by atoms with Crippen LogP contribution >= 0.6 is 0 Å². The molecule has 2 N–H and O–H groups in total. The van der Waals surface area contributed by atoms with Crippen LogP contribution in [0.15, 0.2) is 12.2 Å². The van der Waals surface area contributed by atoms with Crippen LogP contribution in [0.2, 0.25) is 0 Å². The van der Waals surface area contributed by atoms with Crippen LogP contribution in [0.3, 0.4) is 0 Å². The molecule has 0 atom stereocenters. The average Bonchev–Trinajstić information content (AvgIpc) is 1.90. The summed E-state index contributed by atoms with van der Waals surface area (Å²) in [7, 11) is 0. The van der Waals surface area contributed by atoms with E-state index in [0.717, 1.165) is 12.8 Å². The van der Waals surface area contributed by atoms with Crippen LogP contribution in [0.1, 0.15) is 26.7 Å². The van der Waals surface area contributed by atoms with Gasteiger partial charge in [0.2, 0.25) is 5.91 Å². The number of hydrogen-bond acceptors (Lipinski definition) is 1. The largest absolute Gasteiger partial charge is 0.366 e. The van der Waals surface area contributed by atoms with Crippen LogP contribution in [-0.2, 0) is 4.79 Å². The first kappa shape index (κ1) is 9.21. The Morgan fingerprint density at radius 3 is 2.00 bits per heavy atom. The molecule has 0 saturated heterocycles. The van der Waals surface area contributed by atoms with Gasteiger partial charge in [-0.25, -0.2) is 0 Å². The maximum Gasteiger partial charge on any atom is 0.244 e. The normalized spacial score (nSPS) is 9.90. The zero-order chi connectivity index (χ0) is 8.15. The minimum absolute atomic E-state index is 0.275. The Kier molecular flexibility index (Phi) is 3.77. The second-order valence-electron chi connectivity index (χ2n) is 2.40. The van der Waals surface area contributed by atoms with E-state index in [4.69, 9.17) is 5.73 Å². The monoisotopic (exact) mass is 141 g/mol. The summed E-state index contributed by atoms with van der Waals surface area (Å²) >= 11 is 0. The van der Waals surface area contributed by atoms with Crippen LogP contribution < -0.4 is 5.73 Å². The maximum absolute atomic E-state index is 10.6. The lowest BCUT2D eigenvalue weighted by Gasteiger charge is -2.11. The third-order valence-corrected chi connectivity index (χ3v) is 1.79. The van der Waals surface area contributed by atoms with E-state index >= 15 is 0 Å². The minimum atomic E-state index is -0.367. The summed E-state index contributed by atoms with van der Waals surface area (Å²) in [6, 6.07) is 0. The van der Waals surface area contributed by atoms with Gasteiger partial charge in [0.1, 0.15) is 0 Å². The number of hydrogen-bond donors (Lipinski definition) is 1. The molecule has 0 spiro atoms. The van der Waals surface area contributed by atoms with E-state index < -0.39 is 0 Å². The van der Waals surface area contributed by atoms with Crippen molar-refractivity contribution in [2.75, 3.05) is 0 Å². The molecular formula is C8H15NO. The smallest absolute Gasteiger partial charge is 0.244 e. The van der Waals surface area contributed by atoms with Crippen molar-refractivity contribution in [2.24, 2.45) is 11.7 Å². The van der Waals surface area contributed by atoms with E-state index in [1.54, 1.807) is 0 Å². The van der Waals surface area contributed by atoms with Crippen molar-refractivity contribution in [3.05, 3.63) is 12.2 Å². The molecule has 58 valence electrons. The van der Waals surface area contributed by atoms with Gasteiger partial charge >= 0.3 is 0 Å². The third kappa shape index (κ3) is 2.21. The Morgan fingerprint density at radius 1 is 1.50 bits per heavy atom. The highest BCUT2D eigenvalue weighted by Gasteiger charge is 2.11. The fourth-order valence-electron chi connectivity index (χ4n) is 0.983. The van der Waals surface area contributed by atoms with E-state index in [1.807, 2.05) is 13.8 Å². The van der Waals surface area contributed by atoms with Crippen molar-refractivity contribution in [3.8, 4) is 0 Å². The maximum atomic E-state index is 10.6. The van der Waals surface area contributed by atoms with Gasteiger partial charge in [-0.05, 0) is 18.8 Å². The Bertz CT molecular complexity index is 136. The summed E-state index contributed by atoms with van der Waals surface area (Å²) in [5, 5.41) is 0. The summed E-state index contributed by atoms with van der Waals surface area (Å²) in [6.07, 6.45) is 1.89. The SMILES string of the molecule is C=C(C(N)=O)C(CC)CC. The van der Waals surface area contributed by atoms with Gasteiger partial charge < -0.3 is 5.73 Å². The Hall–Kier alpha value is -0.790. The number of carbonyl (C=O) groups is 1. The van der Waals surface area contributed by atoms with Gasteiger partial charge in [-0.3, -0.25) is 4.79 Å². The van der Waals surface area contributed by atoms with Crippen molar-refractivity contribution in [3.63, 3.8) is 0 Å². The summed E-state index contributed by atoms with van der Waals surface area (Å²) in [5.41, 5.74) is 5.61. The molecule has 0 aliphatic rings. The summed E-state index contributed by atoms with van der Waals surface area (Å²) < 4.78 is 0. The predicted octanol–water partition coefficient (Wildman–Crippen LogP) is 1.46. The first-order valence-electron chi connectivity index (χ1n) is 3.62. The average molecular weight is 141 g/mol. The Balaban J connectivity index is 4.02. The first-order valence-corrected chi connectivity index (χ1v) is 3.62. The van der Waals surface area contributed by atoms with Crippen LogP contribution in [0, 0.1) is 5.92 Å². The lowest BCUT2D eigenvalue weighted by atomic mass is 9.95. The van der Waals surface area contributed by atoms with Crippen LogP contribution in [0.4, 0.5) is 0 Å². The molecule has 0 radical (unpaired) electrons. The van der Waals surface area contributed by atoms with Crippen LogP contribution in [0.5, 0.6) is 0 Å². The lowest BCUT2D eigenvalue weighted by molar-refractivity contribution is -0.115. The molecule has 0 heterocycles. The second-order valence-corrected chi connectivity index (χ2v) is 2.40. The van der Waals surface area contributed by atoms with Crippen LogP contribution in [0.25, 0.3) is 0 Å². The lowest BCUT2D eigenvalue weighted by Crippen LogP contribution is -2.18. The van der Waals surface area contributed by atoms with Crippen molar-refractivity contribution < 1.29 is 4.79 Å². The molecule has 0 saturated carbocycles. The highest BCUT2D eigenvalue weighted by Crippen LogP contribution is 2.15. The highest BCUT2D eigenvalue weighted by atomic mass is 16.1. The van der Waals surface area contributed by atoms with E-state index in [2.05, 4.69) is 6.58 Å². The Morgan fingerprint density at radius 2 is 1.90 bits per heavy atom. The molecule has 0 aliphatic carbocycles. The van der Waals surface area contributed by atoms with Crippen LogP contribution in [-0.4, -0.2) is 5.91 Å². The van der Waals surface area contributed by atoms with Gasteiger partial charge in [-0.2, -0.15) is 0 Å². The summed E-state index contributed by atoms with van der Waals surface area (Å²) in [6.45, 7) is 7.68. The molecule has 0 rings (SSSR count). The number of amides is 1. The van der Waals surface area contributed by atoms with Crippen molar-refractivity contribution in [1.29, 1.82) is 0 Å². The quantitative estimate of drug-likeness (QED) is 0.592. The number of nitrogens with two attached hydrogens (primary N) is 1. The standard InChI is InChI=1S/C8H15NO/c1-4-7(5-2)6(3)8(9)10/h7H,3-5H2,1-2H3,(H2,9,10). The molecule has 10 heavy (non-hydrogen) atoms. The van der Waals surface area contributed by atoms with Gasteiger partial charge in [0.15, 0.2) is 0 Å². The number of rotatable bonds is 4. The molecule has 2 nitrogen and oxygen atoms in total. The topological polar surface area (TPSA) is 43.1 Å². The molecule has 2 heteroatoms. The highest BCUT2D eigenvalue weighted by molar-refractivity contribution is 5.91. The van der Waals surface area contributed by atoms with Crippen molar-refractivity contribution >= 4 is 5.91 Å². The van der Waals surface area contributed by atoms with Gasteiger partial charge in [-0.1, -0.05) is 20.4 Å². The molecule has 0 aliphatic heterocycles. The van der Waals surface area contributed by atoms with Gasteiger partial charge in [-0.15, -0.1) is 0 Å². The summed E-state index contributed by atoms with van der Waals surface area (Å²) in [4.78, 5) is 10.6. The van der Waals surface area contributed by atoms with E-state index in [9.17, 15) is 4.79 Å². The van der Waals surface area contributed by atoms with Gasteiger partial charge in [0.25, 0.3) is 0 Å². The Labute approximate surface area is 62.1 Å². The first-order chi connectivity index (χ1) is 4.63. The molecule has 0 bridgehead atoms. The van der Waals surface area contributed by atoms with E-state index in [-0.39, 0.29) is 11.8 Å². The number of primary amides is 1. The van der Waals surface area contributed by atoms with Crippen molar-refractivity contribution in [2.45, 2.75) is 26.7 Å². The van der Waals surface area contributed by atoms with E-state index in [1.165, 1.54) is 0 Å². The van der Waals surface area contributed by atoms with Crippen molar-refractivity contribution in [1.82, 2.24) is 0 Å². The fraction of sp³-hybridized carbons (Fsp3) is 0.625.